The van der Waals surface area contributed by atoms with E-state index >= 15 is 0 Å². The number of hydrogen-bond acceptors (Lipinski definition) is 6. The van der Waals surface area contributed by atoms with E-state index in [-0.39, 0.29) is 6.04 Å². The van der Waals surface area contributed by atoms with Crippen LogP contribution in [0.2, 0.25) is 0 Å². The summed E-state index contributed by atoms with van der Waals surface area (Å²) >= 11 is 0. The molecule has 6 N–H and O–H groups in total. The molecular formula is C8H11N7. The van der Waals surface area contributed by atoms with Crippen LogP contribution in [-0.2, 0) is 0 Å². The van der Waals surface area contributed by atoms with E-state index in [2.05, 4.69) is 25.6 Å². The zero-order valence-corrected chi connectivity index (χ0v) is 7.88. The predicted octanol–water partition coefficient (Wildman–Crippen LogP) is -0.665. The minimum Gasteiger partial charge on any atom is -0.384 e. The highest BCUT2D eigenvalue weighted by molar-refractivity contribution is 5.43. The zero-order valence-electron chi connectivity index (χ0n) is 7.88. The van der Waals surface area contributed by atoms with Gasteiger partial charge in [-0.25, -0.2) is 15.4 Å². The Morgan fingerprint density at radius 3 is 2.53 bits per heavy atom. The molecule has 0 bridgehead atoms. The number of nitrogens with zero attached hydrogens (tertiary/aromatic N) is 3. The van der Waals surface area contributed by atoms with Crippen LogP contribution in [0.15, 0.2) is 24.9 Å². The lowest BCUT2D eigenvalue weighted by atomic mass is 10.1. The molecule has 2 heterocycles. The van der Waals surface area contributed by atoms with Crippen LogP contribution in [0.4, 0.5) is 5.82 Å². The Labute approximate surface area is 85.9 Å². The first-order valence-corrected chi connectivity index (χ1v) is 4.32. The number of hydrazine groups is 1. The molecule has 0 spiro atoms. The number of aromatic nitrogens is 4. The SMILES string of the molecule is NNC(c1cncnc1)c1cn[nH]c1N. The van der Waals surface area contributed by atoms with E-state index in [1.807, 2.05) is 0 Å². The summed E-state index contributed by atoms with van der Waals surface area (Å²) in [7, 11) is 0. The van der Waals surface area contributed by atoms with Crippen molar-refractivity contribution < 1.29 is 0 Å². The molecule has 0 fully saturated rings. The smallest absolute Gasteiger partial charge is 0.124 e. The number of nitrogens with two attached hydrogens (primary N) is 2. The second-order valence-electron chi connectivity index (χ2n) is 3.01. The Balaban J connectivity index is 2.37. The van der Waals surface area contributed by atoms with Crippen molar-refractivity contribution in [3.8, 4) is 0 Å². The normalized spacial score (nSPS) is 12.6. The number of aromatic amines is 1. The van der Waals surface area contributed by atoms with Gasteiger partial charge >= 0.3 is 0 Å². The molecule has 1 unspecified atom stereocenters. The van der Waals surface area contributed by atoms with Gasteiger partial charge in [-0.2, -0.15) is 5.10 Å². The maximum absolute atomic E-state index is 5.70. The second-order valence-corrected chi connectivity index (χ2v) is 3.01. The monoisotopic (exact) mass is 205 g/mol. The first-order chi connectivity index (χ1) is 7.33. The summed E-state index contributed by atoms with van der Waals surface area (Å²) in [5, 5.41) is 6.47. The van der Waals surface area contributed by atoms with Gasteiger partial charge in [-0.3, -0.25) is 10.9 Å². The molecule has 0 aliphatic rings. The van der Waals surface area contributed by atoms with E-state index in [1.54, 1.807) is 18.6 Å². The van der Waals surface area contributed by atoms with Gasteiger partial charge < -0.3 is 5.73 Å². The Morgan fingerprint density at radius 2 is 2.00 bits per heavy atom. The van der Waals surface area contributed by atoms with E-state index in [9.17, 15) is 0 Å². The van der Waals surface area contributed by atoms with Gasteiger partial charge in [0, 0.05) is 23.5 Å². The molecule has 15 heavy (non-hydrogen) atoms. The van der Waals surface area contributed by atoms with Crippen LogP contribution in [0.1, 0.15) is 17.2 Å². The molecule has 0 saturated heterocycles. The molecule has 0 radical (unpaired) electrons. The molecule has 7 nitrogen and oxygen atoms in total. The highest BCUT2D eigenvalue weighted by atomic mass is 15.2. The van der Waals surface area contributed by atoms with Gasteiger partial charge in [0.15, 0.2) is 0 Å². The molecule has 7 heteroatoms. The fourth-order valence-corrected chi connectivity index (χ4v) is 1.36. The molecule has 0 saturated carbocycles. The van der Waals surface area contributed by atoms with Crippen LogP contribution in [0.5, 0.6) is 0 Å². The highest BCUT2D eigenvalue weighted by Crippen LogP contribution is 2.22. The number of anilines is 1. The van der Waals surface area contributed by atoms with Crippen LogP contribution in [-0.4, -0.2) is 20.2 Å². The summed E-state index contributed by atoms with van der Waals surface area (Å²) in [5.41, 5.74) is 9.94. The number of hydrogen-bond donors (Lipinski definition) is 4. The first-order valence-electron chi connectivity index (χ1n) is 4.32. The predicted molar refractivity (Wildman–Crippen MR) is 54.2 cm³/mol. The lowest BCUT2D eigenvalue weighted by molar-refractivity contribution is 0.633. The molecule has 0 aliphatic carbocycles. The van der Waals surface area contributed by atoms with Gasteiger partial charge in [-0.15, -0.1) is 0 Å². The van der Waals surface area contributed by atoms with Crippen LogP contribution in [0.25, 0.3) is 0 Å². The molecule has 2 aromatic rings. The number of H-pyrrole nitrogens is 1. The molecule has 0 aromatic carbocycles. The second kappa shape index (κ2) is 4.03. The summed E-state index contributed by atoms with van der Waals surface area (Å²) in [6.07, 6.45) is 6.41. The van der Waals surface area contributed by atoms with Gasteiger partial charge in [0.2, 0.25) is 0 Å². The van der Waals surface area contributed by atoms with E-state index < -0.39 is 0 Å². The maximum Gasteiger partial charge on any atom is 0.124 e. The third kappa shape index (κ3) is 1.78. The van der Waals surface area contributed by atoms with Gasteiger partial charge in [-0.05, 0) is 0 Å². The van der Waals surface area contributed by atoms with Crippen molar-refractivity contribution in [2.24, 2.45) is 5.84 Å². The molecule has 2 aromatic heterocycles. The highest BCUT2D eigenvalue weighted by Gasteiger charge is 2.16. The van der Waals surface area contributed by atoms with Crippen LogP contribution >= 0.6 is 0 Å². The summed E-state index contributed by atoms with van der Waals surface area (Å²) in [6, 6.07) is -0.259. The maximum atomic E-state index is 5.70. The Morgan fingerprint density at radius 1 is 1.27 bits per heavy atom. The standard InChI is InChI=1S/C8H11N7/c9-8-6(3-13-15-8)7(14-10)5-1-11-4-12-2-5/h1-4,7,14H,10H2,(H3,9,13,15). The third-order valence-corrected chi connectivity index (χ3v) is 2.09. The fraction of sp³-hybridized carbons (Fsp3) is 0.125. The molecule has 78 valence electrons. The van der Waals surface area contributed by atoms with Crippen molar-refractivity contribution in [2.45, 2.75) is 6.04 Å². The van der Waals surface area contributed by atoms with Gasteiger partial charge in [-0.1, -0.05) is 0 Å². The Kier molecular flexibility index (Phi) is 2.57. The Bertz CT molecular complexity index is 424. The number of rotatable bonds is 3. The average molecular weight is 205 g/mol. The van der Waals surface area contributed by atoms with Crippen molar-refractivity contribution >= 4 is 5.82 Å². The van der Waals surface area contributed by atoms with Crippen LogP contribution in [0.3, 0.4) is 0 Å². The first kappa shape index (κ1) is 9.56. The average Bonchev–Trinajstić information content (AvgIpc) is 2.68. The van der Waals surface area contributed by atoms with Crippen molar-refractivity contribution in [3.05, 3.63) is 36.0 Å². The summed E-state index contributed by atoms with van der Waals surface area (Å²) in [4.78, 5) is 7.83. The van der Waals surface area contributed by atoms with E-state index in [0.717, 1.165) is 11.1 Å². The van der Waals surface area contributed by atoms with E-state index in [1.165, 1.54) is 6.33 Å². The molecule has 0 amide bonds. The zero-order chi connectivity index (χ0) is 10.7. The molecular weight excluding hydrogens is 194 g/mol. The minimum atomic E-state index is -0.259. The Hall–Kier alpha value is -1.99. The molecule has 2 rings (SSSR count). The summed E-state index contributed by atoms with van der Waals surface area (Å²) < 4.78 is 0. The minimum absolute atomic E-state index is 0.259. The van der Waals surface area contributed by atoms with E-state index in [0.29, 0.717) is 5.82 Å². The van der Waals surface area contributed by atoms with Gasteiger partial charge in [0.25, 0.3) is 0 Å². The largest absolute Gasteiger partial charge is 0.384 e. The van der Waals surface area contributed by atoms with Crippen molar-refractivity contribution in [3.63, 3.8) is 0 Å². The van der Waals surface area contributed by atoms with Crippen LogP contribution in [0, 0.1) is 0 Å². The number of nitrogen functional groups attached to an aromatic ring is 1. The topological polar surface area (TPSA) is 119 Å². The fourth-order valence-electron chi connectivity index (χ4n) is 1.36. The van der Waals surface area contributed by atoms with Crippen LogP contribution < -0.4 is 17.0 Å². The lowest BCUT2D eigenvalue weighted by Crippen LogP contribution is -2.29. The lowest BCUT2D eigenvalue weighted by Gasteiger charge is -2.14. The molecule has 0 aliphatic heterocycles. The van der Waals surface area contributed by atoms with Crippen molar-refractivity contribution in [1.29, 1.82) is 0 Å². The van der Waals surface area contributed by atoms with Crippen molar-refractivity contribution in [2.75, 3.05) is 5.73 Å². The molecule has 1 atom stereocenters. The van der Waals surface area contributed by atoms with Crippen molar-refractivity contribution in [1.82, 2.24) is 25.6 Å². The quantitative estimate of drug-likeness (QED) is 0.390. The van der Waals surface area contributed by atoms with Gasteiger partial charge in [0.05, 0.1) is 12.2 Å². The third-order valence-electron chi connectivity index (χ3n) is 2.09. The van der Waals surface area contributed by atoms with E-state index in [4.69, 9.17) is 11.6 Å². The summed E-state index contributed by atoms with van der Waals surface area (Å²) in [5.74, 6) is 5.94. The summed E-state index contributed by atoms with van der Waals surface area (Å²) in [6.45, 7) is 0. The van der Waals surface area contributed by atoms with Gasteiger partial charge in [0.1, 0.15) is 12.1 Å². The number of nitrogens with one attached hydrogen (secondary N) is 2.